The topological polar surface area (TPSA) is 9.23 Å². The van der Waals surface area contributed by atoms with Gasteiger partial charge in [0.15, 0.2) is 0 Å². The molecule has 1 saturated carbocycles. The molecule has 0 aromatic rings. The Morgan fingerprint density at radius 2 is 1.20 bits per heavy atom. The minimum Gasteiger partial charge on any atom is -0.381 e. The van der Waals surface area contributed by atoms with E-state index in [2.05, 4.69) is 6.92 Å². The molecule has 0 radical (unpaired) electrons. The molecule has 15 heavy (non-hydrogen) atoms. The van der Waals surface area contributed by atoms with E-state index in [4.69, 9.17) is 4.74 Å². The highest BCUT2D eigenvalue weighted by atomic mass is 16.5. The maximum atomic E-state index is 5.61. The van der Waals surface area contributed by atoms with Crippen LogP contribution in [0.2, 0.25) is 0 Å². The smallest absolute Gasteiger partial charge is 0.0596 e. The molecule has 0 heterocycles. The second kappa shape index (κ2) is 8.15. The van der Waals surface area contributed by atoms with Gasteiger partial charge in [-0.3, -0.25) is 0 Å². The van der Waals surface area contributed by atoms with Crippen LogP contribution in [-0.2, 0) is 4.74 Å². The van der Waals surface area contributed by atoms with Gasteiger partial charge in [0.05, 0.1) is 6.10 Å². The molecule has 1 heteroatoms. The van der Waals surface area contributed by atoms with Gasteiger partial charge in [-0.15, -0.1) is 0 Å². The first-order chi connectivity index (χ1) is 7.34. The van der Waals surface area contributed by atoms with Crippen molar-refractivity contribution in [1.29, 1.82) is 0 Å². The van der Waals surface area contributed by atoms with Gasteiger partial charge in [-0.25, -0.2) is 0 Å². The Balaban J connectivity index is 2.30. The van der Waals surface area contributed by atoms with Crippen LogP contribution < -0.4 is 0 Å². The lowest BCUT2D eigenvalue weighted by molar-refractivity contribution is 0.0453. The predicted molar refractivity (Wildman–Crippen MR) is 66.1 cm³/mol. The number of ether oxygens (including phenoxy) is 1. The molecule has 1 rings (SSSR count). The van der Waals surface area contributed by atoms with Crippen LogP contribution in [0, 0.1) is 5.92 Å². The summed E-state index contributed by atoms with van der Waals surface area (Å²) in [6.07, 6.45) is 14.6. The molecular formula is C14H28O. The molecule has 1 unspecified atom stereocenters. The summed E-state index contributed by atoms with van der Waals surface area (Å²) < 4.78 is 5.61. The Labute approximate surface area is 95.6 Å². The van der Waals surface area contributed by atoms with Crippen LogP contribution in [0.3, 0.4) is 0 Å². The third-order valence-corrected chi connectivity index (χ3v) is 3.84. The lowest BCUT2D eigenvalue weighted by Gasteiger charge is -2.23. The first-order valence-electron chi connectivity index (χ1n) is 6.87. The van der Waals surface area contributed by atoms with E-state index in [1.165, 1.54) is 64.2 Å². The van der Waals surface area contributed by atoms with Gasteiger partial charge in [0.25, 0.3) is 0 Å². The van der Waals surface area contributed by atoms with Crippen LogP contribution in [-0.4, -0.2) is 13.2 Å². The van der Waals surface area contributed by atoms with Crippen molar-refractivity contribution in [2.24, 2.45) is 5.92 Å². The zero-order valence-electron chi connectivity index (χ0n) is 10.6. The summed E-state index contributed by atoms with van der Waals surface area (Å²) in [4.78, 5) is 0. The second-order valence-corrected chi connectivity index (χ2v) is 5.16. The molecular weight excluding hydrogens is 184 g/mol. The first-order valence-corrected chi connectivity index (χ1v) is 6.87. The van der Waals surface area contributed by atoms with Crippen molar-refractivity contribution in [2.75, 3.05) is 7.11 Å². The number of hydrogen-bond acceptors (Lipinski definition) is 1. The lowest BCUT2D eigenvalue weighted by Crippen LogP contribution is -2.20. The molecule has 1 aliphatic rings. The Morgan fingerprint density at radius 1 is 0.733 bits per heavy atom. The van der Waals surface area contributed by atoms with Crippen LogP contribution in [0.15, 0.2) is 0 Å². The second-order valence-electron chi connectivity index (χ2n) is 5.16. The van der Waals surface area contributed by atoms with E-state index in [0.717, 1.165) is 5.92 Å². The Morgan fingerprint density at radius 3 is 1.73 bits per heavy atom. The standard InChI is InChI=1S/C14H28O/c1-13-11-9-7-5-3-4-6-8-10-12-14(13)15-2/h13-14H,3-12H2,1-2H3/t13-,14?/m1/s1. The molecule has 1 fully saturated rings. The van der Waals surface area contributed by atoms with E-state index in [1.807, 2.05) is 7.11 Å². The molecule has 0 aliphatic heterocycles. The van der Waals surface area contributed by atoms with E-state index in [-0.39, 0.29) is 0 Å². The van der Waals surface area contributed by atoms with Crippen molar-refractivity contribution < 1.29 is 4.74 Å². The lowest BCUT2D eigenvalue weighted by atomic mass is 9.92. The Bertz CT molecular complexity index is 144. The van der Waals surface area contributed by atoms with Crippen LogP contribution in [0.4, 0.5) is 0 Å². The van der Waals surface area contributed by atoms with Gasteiger partial charge in [0, 0.05) is 7.11 Å². The van der Waals surface area contributed by atoms with E-state index in [0.29, 0.717) is 6.10 Å². The van der Waals surface area contributed by atoms with Crippen molar-refractivity contribution in [3.63, 3.8) is 0 Å². The molecule has 0 bridgehead atoms. The van der Waals surface area contributed by atoms with Gasteiger partial charge in [0.1, 0.15) is 0 Å². The van der Waals surface area contributed by atoms with E-state index in [1.54, 1.807) is 0 Å². The van der Waals surface area contributed by atoms with Crippen molar-refractivity contribution in [3.8, 4) is 0 Å². The zero-order chi connectivity index (χ0) is 10.9. The molecule has 0 saturated heterocycles. The number of rotatable bonds is 1. The average molecular weight is 212 g/mol. The fraction of sp³-hybridized carbons (Fsp3) is 1.00. The SMILES string of the molecule is COC1CCCCCCCCCC[C@H]1C. The summed E-state index contributed by atoms with van der Waals surface area (Å²) in [6, 6.07) is 0. The van der Waals surface area contributed by atoms with Crippen molar-refractivity contribution >= 4 is 0 Å². The summed E-state index contributed by atoms with van der Waals surface area (Å²) in [5.74, 6) is 0.759. The third-order valence-electron chi connectivity index (χ3n) is 3.84. The van der Waals surface area contributed by atoms with Gasteiger partial charge < -0.3 is 4.74 Å². The van der Waals surface area contributed by atoms with Crippen LogP contribution >= 0.6 is 0 Å². The van der Waals surface area contributed by atoms with E-state index < -0.39 is 0 Å². The molecule has 0 aromatic heterocycles. The highest BCUT2D eigenvalue weighted by molar-refractivity contribution is 4.67. The molecule has 0 spiro atoms. The minimum atomic E-state index is 0.518. The fourth-order valence-corrected chi connectivity index (χ4v) is 2.69. The summed E-state index contributed by atoms with van der Waals surface area (Å²) in [5, 5.41) is 0. The highest BCUT2D eigenvalue weighted by Crippen LogP contribution is 2.22. The van der Waals surface area contributed by atoms with E-state index >= 15 is 0 Å². The monoisotopic (exact) mass is 212 g/mol. The van der Waals surface area contributed by atoms with Gasteiger partial charge in [0.2, 0.25) is 0 Å². The van der Waals surface area contributed by atoms with Gasteiger partial charge in [-0.2, -0.15) is 0 Å². The minimum absolute atomic E-state index is 0.518. The van der Waals surface area contributed by atoms with Crippen LogP contribution in [0.25, 0.3) is 0 Å². The zero-order valence-corrected chi connectivity index (χ0v) is 10.6. The summed E-state index contributed by atoms with van der Waals surface area (Å²) >= 11 is 0. The maximum absolute atomic E-state index is 5.61. The maximum Gasteiger partial charge on any atom is 0.0596 e. The summed E-state index contributed by atoms with van der Waals surface area (Å²) in [6.45, 7) is 2.36. The van der Waals surface area contributed by atoms with Crippen molar-refractivity contribution in [1.82, 2.24) is 0 Å². The van der Waals surface area contributed by atoms with Gasteiger partial charge in [-0.05, 0) is 18.8 Å². The van der Waals surface area contributed by atoms with Gasteiger partial charge >= 0.3 is 0 Å². The third kappa shape index (κ3) is 5.55. The van der Waals surface area contributed by atoms with Crippen LogP contribution in [0.5, 0.6) is 0 Å². The molecule has 0 N–H and O–H groups in total. The fourth-order valence-electron chi connectivity index (χ4n) is 2.69. The predicted octanol–water partition coefficient (Wildman–Crippen LogP) is 4.55. The number of hydrogen-bond donors (Lipinski definition) is 0. The largest absolute Gasteiger partial charge is 0.381 e. The molecule has 1 nitrogen and oxygen atoms in total. The van der Waals surface area contributed by atoms with E-state index in [9.17, 15) is 0 Å². The normalized spacial score (nSPS) is 31.6. The molecule has 0 aromatic carbocycles. The quantitative estimate of drug-likeness (QED) is 0.619. The molecule has 0 amide bonds. The summed E-state index contributed by atoms with van der Waals surface area (Å²) in [7, 11) is 1.88. The van der Waals surface area contributed by atoms with Crippen molar-refractivity contribution in [3.05, 3.63) is 0 Å². The molecule has 1 aliphatic carbocycles. The highest BCUT2D eigenvalue weighted by Gasteiger charge is 2.16. The van der Waals surface area contributed by atoms with Crippen LogP contribution in [0.1, 0.15) is 71.1 Å². The molecule has 90 valence electrons. The first kappa shape index (κ1) is 13.0. The molecule has 2 atom stereocenters. The Kier molecular flexibility index (Phi) is 7.08. The number of methoxy groups -OCH3 is 1. The summed E-state index contributed by atoms with van der Waals surface area (Å²) in [5.41, 5.74) is 0. The van der Waals surface area contributed by atoms with Gasteiger partial charge in [-0.1, -0.05) is 58.3 Å². The average Bonchev–Trinajstić information content (AvgIpc) is 2.23. The Hall–Kier alpha value is -0.0400. The van der Waals surface area contributed by atoms with Crippen molar-refractivity contribution in [2.45, 2.75) is 77.2 Å².